The largest absolute Gasteiger partial charge is 0.479 e. The molecule has 6 heteroatoms. The number of aliphatic hydroxyl groups excluding tert-OH is 1. The van der Waals surface area contributed by atoms with Crippen molar-refractivity contribution in [3.05, 3.63) is 0 Å². The van der Waals surface area contributed by atoms with Gasteiger partial charge in [0, 0.05) is 6.61 Å². The third-order valence-corrected chi connectivity index (χ3v) is 2.06. The van der Waals surface area contributed by atoms with E-state index in [2.05, 4.69) is 5.32 Å². The average Bonchev–Trinajstić information content (AvgIpc) is 2.66. The van der Waals surface area contributed by atoms with E-state index in [1.165, 1.54) is 0 Å². The Hall–Kier alpha value is -1.14. The van der Waals surface area contributed by atoms with Gasteiger partial charge in [-0.3, -0.25) is 4.79 Å². The predicted octanol–water partition coefficient (Wildman–Crippen LogP) is -1.42. The molecule has 0 aromatic carbocycles. The number of hydrogen-bond acceptors (Lipinski definition) is 4. The molecule has 2 unspecified atom stereocenters. The number of hydrogen-bond donors (Lipinski definition) is 3. The zero-order chi connectivity index (χ0) is 10.6. The maximum absolute atomic E-state index is 11.3. The zero-order valence-electron chi connectivity index (χ0n) is 7.60. The minimum atomic E-state index is -1.54. The molecular weight excluding hydrogens is 190 g/mol. The number of ether oxygens (including phenoxy) is 1. The van der Waals surface area contributed by atoms with E-state index in [1.54, 1.807) is 0 Å². The molecule has 0 aromatic rings. The molecule has 1 fully saturated rings. The van der Waals surface area contributed by atoms with Crippen LogP contribution in [-0.4, -0.2) is 48.0 Å². The second kappa shape index (κ2) is 4.92. The fourth-order valence-corrected chi connectivity index (χ4v) is 1.17. The van der Waals surface area contributed by atoms with Crippen LogP contribution in [0, 0.1) is 5.92 Å². The molecule has 1 saturated heterocycles. The van der Waals surface area contributed by atoms with Crippen molar-refractivity contribution in [3.63, 3.8) is 0 Å². The summed E-state index contributed by atoms with van der Waals surface area (Å²) in [6.45, 7) is 0.666. The van der Waals surface area contributed by atoms with Gasteiger partial charge in [0.05, 0.1) is 19.1 Å². The molecule has 1 amide bonds. The van der Waals surface area contributed by atoms with Crippen LogP contribution >= 0.6 is 0 Å². The van der Waals surface area contributed by atoms with Crippen molar-refractivity contribution in [2.75, 3.05) is 19.8 Å². The SMILES string of the molecule is O=C(O)C(O)CNC(=O)C1CCOC1. The van der Waals surface area contributed by atoms with Gasteiger partial charge in [0.1, 0.15) is 0 Å². The summed E-state index contributed by atoms with van der Waals surface area (Å²) in [7, 11) is 0. The number of nitrogens with one attached hydrogen (secondary N) is 1. The normalized spacial score (nSPS) is 23.1. The van der Waals surface area contributed by atoms with Gasteiger partial charge < -0.3 is 20.3 Å². The van der Waals surface area contributed by atoms with E-state index < -0.39 is 12.1 Å². The molecule has 0 spiro atoms. The van der Waals surface area contributed by atoms with Crippen LogP contribution in [0.25, 0.3) is 0 Å². The Morgan fingerprint density at radius 1 is 1.57 bits per heavy atom. The monoisotopic (exact) mass is 203 g/mol. The summed E-state index contributed by atoms with van der Waals surface area (Å²) in [6, 6.07) is 0. The summed E-state index contributed by atoms with van der Waals surface area (Å²) in [5, 5.41) is 19.6. The highest BCUT2D eigenvalue weighted by Gasteiger charge is 2.24. The Morgan fingerprint density at radius 2 is 2.29 bits per heavy atom. The van der Waals surface area contributed by atoms with Crippen molar-refractivity contribution in [1.82, 2.24) is 5.32 Å². The molecule has 0 bridgehead atoms. The number of aliphatic carboxylic acids is 1. The van der Waals surface area contributed by atoms with Crippen LogP contribution in [0.3, 0.4) is 0 Å². The topological polar surface area (TPSA) is 95.9 Å². The van der Waals surface area contributed by atoms with Gasteiger partial charge >= 0.3 is 5.97 Å². The van der Waals surface area contributed by atoms with Gasteiger partial charge in [-0.2, -0.15) is 0 Å². The second-order valence-corrected chi connectivity index (χ2v) is 3.16. The Balaban J connectivity index is 2.23. The summed E-state index contributed by atoms with van der Waals surface area (Å²) < 4.78 is 4.99. The summed E-state index contributed by atoms with van der Waals surface area (Å²) in [5.41, 5.74) is 0. The number of carbonyl (C=O) groups excluding carboxylic acids is 1. The molecule has 80 valence electrons. The summed E-state index contributed by atoms with van der Waals surface area (Å²) >= 11 is 0. The van der Waals surface area contributed by atoms with Crippen LogP contribution in [0.1, 0.15) is 6.42 Å². The van der Waals surface area contributed by atoms with E-state index in [0.29, 0.717) is 19.6 Å². The van der Waals surface area contributed by atoms with Crippen LogP contribution in [-0.2, 0) is 14.3 Å². The first-order valence-corrected chi connectivity index (χ1v) is 4.37. The minimum Gasteiger partial charge on any atom is -0.479 e. The highest BCUT2D eigenvalue weighted by molar-refractivity contribution is 5.80. The van der Waals surface area contributed by atoms with Gasteiger partial charge in [-0.15, -0.1) is 0 Å². The molecule has 0 radical (unpaired) electrons. The molecule has 1 aliphatic rings. The molecule has 0 aliphatic carbocycles. The standard InChI is InChI=1S/C8H13NO5/c10-6(8(12)13)3-9-7(11)5-1-2-14-4-5/h5-6,10H,1-4H2,(H,9,11)(H,12,13). The van der Waals surface area contributed by atoms with Gasteiger partial charge in [0.15, 0.2) is 6.10 Å². The molecule has 0 aromatic heterocycles. The third kappa shape index (κ3) is 2.97. The van der Waals surface area contributed by atoms with Gasteiger partial charge in [0.25, 0.3) is 0 Å². The molecule has 1 aliphatic heterocycles. The predicted molar refractivity (Wildman–Crippen MR) is 45.6 cm³/mol. The first-order valence-electron chi connectivity index (χ1n) is 4.37. The fourth-order valence-electron chi connectivity index (χ4n) is 1.17. The van der Waals surface area contributed by atoms with Crippen LogP contribution in [0.2, 0.25) is 0 Å². The molecule has 6 nitrogen and oxygen atoms in total. The quantitative estimate of drug-likeness (QED) is 0.521. The lowest BCUT2D eigenvalue weighted by molar-refractivity contribution is -0.146. The summed E-state index contributed by atoms with van der Waals surface area (Å²) in [4.78, 5) is 21.5. The molecule has 1 rings (SSSR count). The Labute approximate surface area is 80.9 Å². The smallest absolute Gasteiger partial charge is 0.334 e. The summed E-state index contributed by atoms with van der Waals surface area (Å²) in [5.74, 6) is -1.81. The maximum atomic E-state index is 11.3. The van der Waals surface area contributed by atoms with Crippen molar-refractivity contribution in [2.45, 2.75) is 12.5 Å². The van der Waals surface area contributed by atoms with Crippen molar-refractivity contribution < 1.29 is 24.5 Å². The zero-order valence-corrected chi connectivity index (χ0v) is 7.60. The second-order valence-electron chi connectivity index (χ2n) is 3.16. The van der Waals surface area contributed by atoms with Gasteiger partial charge in [-0.05, 0) is 6.42 Å². The lowest BCUT2D eigenvalue weighted by Crippen LogP contribution is -2.39. The van der Waals surface area contributed by atoms with Crippen molar-refractivity contribution in [3.8, 4) is 0 Å². The average molecular weight is 203 g/mol. The molecule has 1 heterocycles. The molecule has 3 N–H and O–H groups in total. The van der Waals surface area contributed by atoms with Crippen molar-refractivity contribution in [1.29, 1.82) is 0 Å². The number of amides is 1. The third-order valence-electron chi connectivity index (χ3n) is 2.06. The maximum Gasteiger partial charge on any atom is 0.334 e. The van der Waals surface area contributed by atoms with E-state index in [9.17, 15) is 9.59 Å². The van der Waals surface area contributed by atoms with Crippen molar-refractivity contribution in [2.24, 2.45) is 5.92 Å². The number of carboxylic acids is 1. The van der Waals surface area contributed by atoms with Crippen LogP contribution in [0.4, 0.5) is 0 Å². The van der Waals surface area contributed by atoms with Gasteiger partial charge in [-0.25, -0.2) is 4.79 Å². The fraction of sp³-hybridized carbons (Fsp3) is 0.750. The Morgan fingerprint density at radius 3 is 2.79 bits per heavy atom. The number of rotatable bonds is 4. The molecule has 14 heavy (non-hydrogen) atoms. The van der Waals surface area contributed by atoms with E-state index in [1.807, 2.05) is 0 Å². The first kappa shape index (κ1) is 10.9. The lowest BCUT2D eigenvalue weighted by atomic mass is 10.1. The number of aliphatic hydroxyl groups is 1. The van der Waals surface area contributed by atoms with Crippen LogP contribution in [0.5, 0.6) is 0 Å². The van der Waals surface area contributed by atoms with Crippen molar-refractivity contribution >= 4 is 11.9 Å². The highest BCUT2D eigenvalue weighted by Crippen LogP contribution is 2.11. The van der Waals surface area contributed by atoms with E-state index in [0.717, 1.165) is 0 Å². The van der Waals surface area contributed by atoms with E-state index in [-0.39, 0.29) is 18.4 Å². The molecular formula is C8H13NO5. The Bertz CT molecular complexity index is 224. The Kier molecular flexibility index (Phi) is 3.84. The van der Waals surface area contributed by atoms with E-state index in [4.69, 9.17) is 14.9 Å². The van der Waals surface area contributed by atoms with Crippen LogP contribution in [0.15, 0.2) is 0 Å². The minimum absolute atomic E-state index is 0.212. The molecule has 0 saturated carbocycles. The lowest BCUT2D eigenvalue weighted by Gasteiger charge is -2.10. The highest BCUT2D eigenvalue weighted by atomic mass is 16.5. The molecule has 2 atom stereocenters. The van der Waals surface area contributed by atoms with Gasteiger partial charge in [-0.1, -0.05) is 0 Å². The number of carbonyl (C=O) groups is 2. The first-order chi connectivity index (χ1) is 6.61. The number of carboxylic acid groups (broad SMARTS) is 1. The van der Waals surface area contributed by atoms with Crippen LogP contribution < -0.4 is 5.32 Å². The van der Waals surface area contributed by atoms with E-state index >= 15 is 0 Å². The summed E-state index contributed by atoms with van der Waals surface area (Å²) in [6.07, 6.45) is -0.893. The van der Waals surface area contributed by atoms with Gasteiger partial charge in [0.2, 0.25) is 5.91 Å².